The summed E-state index contributed by atoms with van der Waals surface area (Å²) in [5.41, 5.74) is 0.652. The molecular weight excluding hydrogens is 193 g/mol. The summed E-state index contributed by atoms with van der Waals surface area (Å²) in [7, 11) is 1.84. The van der Waals surface area contributed by atoms with Crippen LogP contribution in [0.15, 0.2) is 36.5 Å². The Morgan fingerprint density at radius 3 is 2.80 bits per heavy atom. The van der Waals surface area contributed by atoms with E-state index in [9.17, 15) is 4.39 Å². The van der Waals surface area contributed by atoms with Crippen LogP contribution in [0.4, 0.5) is 10.2 Å². The van der Waals surface area contributed by atoms with Crippen molar-refractivity contribution in [1.29, 1.82) is 0 Å². The minimum absolute atomic E-state index is 0.188. The monoisotopic (exact) mass is 205 g/mol. The molecule has 0 spiro atoms. The van der Waals surface area contributed by atoms with Gasteiger partial charge in [-0.05, 0) is 6.07 Å². The molecule has 0 saturated heterocycles. The van der Waals surface area contributed by atoms with Gasteiger partial charge in [-0.2, -0.15) is 5.10 Å². The molecule has 0 atom stereocenters. The van der Waals surface area contributed by atoms with Crippen molar-refractivity contribution in [3.63, 3.8) is 0 Å². The van der Waals surface area contributed by atoms with Crippen LogP contribution in [0.2, 0.25) is 0 Å². The maximum atomic E-state index is 13.3. The fourth-order valence-electron chi connectivity index (χ4n) is 1.37. The molecule has 15 heavy (non-hydrogen) atoms. The number of nitrogens with zero attached hydrogens (tertiary/aromatic N) is 2. The smallest absolute Gasteiger partial charge is 0.128 e. The number of hydrogen-bond acceptors (Lipinski definition) is 2. The van der Waals surface area contributed by atoms with E-state index in [1.165, 1.54) is 6.07 Å². The molecule has 0 aliphatic heterocycles. The summed E-state index contributed by atoms with van der Waals surface area (Å²) in [6, 6.07) is 8.58. The van der Waals surface area contributed by atoms with Crippen LogP contribution >= 0.6 is 0 Å². The molecule has 1 N–H and O–H groups in total. The van der Waals surface area contributed by atoms with Crippen LogP contribution in [0, 0.1) is 5.82 Å². The Hall–Kier alpha value is -1.84. The van der Waals surface area contributed by atoms with Gasteiger partial charge < -0.3 is 5.32 Å². The molecular formula is C11H12FN3. The molecule has 0 fully saturated rings. The van der Waals surface area contributed by atoms with E-state index >= 15 is 0 Å². The first-order valence-corrected chi connectivity index (χ1v) is 4.72. The lowest BCUT2D eigenvalue weighted by molar-refractivity contribution is 0.612. The van der Waals surface area contributed by atoms with Crippen molar-refractivity contribution in [2.75, 3.05) is 5.32 Å². The van der Waals surface area contributed by atoms with E-state index in [1.54, 1.807) is 23.0 Å². The van der Waals surface area contributed by atoms with Gasteiger partial charge in [0.2, 0.25) is 0 Å². The van der Waals surface area contributed by atoms with Crippen LogP contribution in [-0.4, -0.2) is 9.78 Å². The van der Waals surface area contributed by atoms with Gasteiger partial charge in [0.1, 0.15) is 11.6 Å². The third-order valence-electron chi connectivity index (χ3n) is 2.24. The Morgan fingerprint density at radius 2 is 2.13 bits per heavy atom. The highest BCUT2D eigenvalue weighted by Gasteiger charge is 2.01. The van der Waals surface area contributed by atoms with Gasteiger partial charge in [-0.1, -0.05) is 18.2 Å². The second-order valence-electron chi connectivity index (χ2n) is 3.29. The first-order valence-electron chi connectivity index (χ1n) is 4.72. The van der Waals surface area contributed by atoms with Crippen LogP contribution < -0.4 is 5.32 Å². The number of anilines is 1. The average molecular weight is 205 g/mol. The fraction of sp³-hybridized carbons (Fsp3) is 0.182. The van der Waals surface area contributed by atoms with E-state index in [2.05, 4.69) is 10.4 Å². The standard InChI is InChI=1S/C11H12FN3/c1-15-11(6-7-14-15)13-8-9-4-2-3-5-10(9)12/h2-7,13H,8H2,1H3. The Morgan fingerprint density at radius 1 is 1.33 bits per heavy atom. The van der Waals surface area contributed by atoms with Crippen molar-refractivity contribution in [3.8, 4) is 0 Å². The van der Waals surface area contributed by atoms with Gasteiger partial charge in [-0.15, -0.1) is 0 Å². The minimum Gasteiger partial charge on any atom is -0.366 e. The van der Waals surface area contributed by atoms with Gasteiger partial charge in [-0.25, -0.2) is 4.39 Å². The van der Waals surface area contributed by atoms with Gasteiger partial charge >= 0.3 is 0 Å². The van der Waals surface area contributed by atoms with Crippen molar-refractivity contribution in [2.24, 2.45) is 7.05 Å². The largest absolute Gasteiger partial charge is 0.366 e. The maximum Gasteiger partial charge on any atom is 0.128 e. The highest BCUT2D eigenvalue weighted by Crippen LogP contribution is 2.10. The lowest BCUT2D eigenvalue weighted by atomic mass is 10.2. The second kappa shape index (κ2) is 4.13. The molecule has 1 aromatic carbocycles. The zero-order valence-electron chi connectivity index (χ0n) is 8.44. The summed E-state index contributed by atoms with van der Waals surface area (Å²) >= 11 is 0. The molecule has 0 aliphatic carbocycles. The molecule has 0 bridgehead atoms. The first kappa shape index (κ1) is 9.71. The Kier molecular flexibility index (Phi) is 2.67. The van der Waals surface area contributed by atoms with E-state index < -0.39 is 0 Å². The summed E-state index contributed by atoms with van der Waals surface area (Å²) in [6.45, 7) is 0.464. The van der Waals surface area contributed by atoms with Gasteiger partial charge in [0.25, 0.3) is 0 Å². The number of aromatic nitrogens is 2. The summed E-state index contributed by atoms with van der Waals surface area (Å²) in [4.78, 5) is 0. The third kappa shape index (κ3) is 2.15. The summed E-state index contributed by atoms with van der Waals surface area (Å²) in [6.07, 6.45) is 1.70. The number of aryl methyl sites for hydroxylation is 1. The summed E-state index contributed by atoms with van der Waals surface area (Å²) in [5, 5.41) is 7.12. The Balaban J connectivity index is 2.06. The van der Waals surface area contributed by atoms with Crippen LogP contribution in [0.5, 0.6) is 0 Å². The third-order valence-corrected chi connectivity index (χ3v) is 2.24. The van der Waals surface area contributed by atoms with E-state index in [0.717, 1.165) is 5.82 Å². The van der Waals surface area contributed by atoms with Gasteiger partial charge in [0, 0.05) is 25.2 Å². The van der Waals surface area contributed by atoms with Crippen molar-refractivity contribution in [3.05, 3.63) is 47.9 Å². The predicted molar refractivity (Wildman–Crippen MR) is 56.9 cm³/mol. The molecule has 0 radical (unpaired) electrons. The van der Waals surface area contributed by atoms with E-state index in [-0.39, 0.29) is 5.82 Å². The second-order valence-corrected chi connectivity index (χ2v) is 3.29. The van der Waals surface area contributed by atoms with Crippen LogP contribution in [0.1, 0.15) is 5.56 Å². The summed E-state index contributed by atoms with van der Waals surface area (Å²) in [5.74, 6) is 0.686. The predicted octanol–water partition coefficient (Wildman–Crippen LogP) is 2.17. The molecule has 2 rings (SSSR count). The number of hydrogen-bond donors (Lipinski definition) is 1. The molecule has 1 heterocycles. The summed E-state index contributed by atoms with van der Waals surface area (Å²) < 4.78 is 15.0. The lowest BCUT2D eigenvalue weighted by Gasteiger charge is -2.06. The Bertz CT molecular complexity index is 451. The first-order chi connectivity index (χ1) is 7.27. The molecule has 2 aromatic rings. The molecule has 0 unspecified atom stereocenters. The Labute approximate surface area is 87.5 Å². The highest BCUT2D eigenvalue weighted by molar-refractivity contribution is 5.35. The zero-order chi connectivity index (χ0) is 10.7. The maximum absolute atomic E-state index is 13.3. The molecule has 0 saturated carbocycles. The molecule has 3 nitrogen and oxygen atoms in total. The van der Waals surface area contributed by atoms with Crippen LogP contribution in [-0.2, 0) is 13.6 Å². The number of rotatable bonds is 3. The van der Waals surface area contributed by atoms with E-state index in [4.69, 9.17) is 0 Å². The van der Waals surface area contributed by atoms with Crippen molar-refractivity contribution < 1.29 is 4.39 Å². The fourth-order valence-corrected chi connectivity index (χ4v) is 1.37. The quantitative estimate of drug-likeness (QED) is 0.832. The minimum atomic E-state index is -0.188. The molecule has 4 heteroatoms. The van der Waals surface area contributed by atoms with Gasteiger partial charge in [0.15, 0.2) is 0 Å². The van der Waals surface area contributed by atoms with E-state index in [1.807, 2.05) is 19.2 Å². The van der Waals surface area contributed by atoms with Gasteiger partial charge in [0.05, 0.1) is 6.20 Å². The van der Waals surface area contributed by atoms with Gasteiger partial charge in [-0.3, -0.25) is 4.68 Å². The number of halogens is 1. The molecule has 0 amide bonds. The number of benzene rings is 1. The zero-order valence-corrected chi connectivity index (χ0v) is 8.44. The molecule has 0 aliphatic rings. The normalized spacial score (nSPS) is 10.3. The average Bonchev–Trinajstić information content (AvgIpc) is 2.63. The van der Waals surface area contributed by atoms with Crippen molar-refractivity contribution in [2.45, 2.75) is 6.54 Å². The topological polar surface area (TPSA) is 29.9 Å². The molecule has 1 aromatic heterocycles. The lowest BCUT2D eigenvalue weighted by Crippen LogP contribution is -2.05. The molecule has 78 valence electrons. The SMILES string of the molecule is Cn1nccc1NCc1ccccc1F. The van der Waals surface area contributed by atoms with Crippen LogP contribution in [0.3, 0.4) is 0 Å². The van der Waals surface area contributed by atoms with E-state index in [0.29, 0.717) is 12.1 Å². The number of nitrogens with one attached hydrogen (secondary N) is 1. The highest BCUT2D eigenvalue weighted by atomic mass is 19.1. The van der Waals surface area contributed by atoms with Crippen molar-refractivity contribution >= 4 is 5.82 Å². The van der Waals surface area contributed by atoms with Crippen molar-refractivity contribution in [1.82, 2.24) is 9.78 Å². The van der Waals surface area contributed by atoms with Crippen LogP contribution in [0.25, 0.3) is 0 Å².